The van der Waals surface area contributed by atoms with Gasteiger partial charge in [0, 0.05) is 6.54 Å². The summed E-state index contributed by atoms with van der Waals surface area (Å²) in [7, 11) is 0. The van der Waals surface area contributed by atoms with Crippen molar-refractivity contribution >= 4 is 29.1 Å². The normalized spacial score (nSPS) is 19.9. The second kappa shape index (κ2) is 6.71. The van der Waals surface area contributed by atoms with Crippen LogP contribution in [0.25, 0.3) is 0 Å². The molecule has 0 spiro atoms. The van der Waals surface area contributed by atoms with Gasteiger partial charge in [-0.1, -0.05) is 6.07 Å². The Kier molecular flexibility index (Phi) is 4.95. The SMILES string of the molecule is CC(NC(=O)c1cccs1)C(=O)N1CCCCC1C(=O)O. The van der Waals surface area contributed by atoms with Crippen molar-refractivity contribution in [3.63, 3.8) is 0 Å². The number of nitrogens with one attached hydrogen (secondary N) is 1. The van der Waals surface area contributed by atoms with Crippen LogP contribution in [-0.2, 0) is 9.59 Å². The number of hydrogen-bond acceptors (Lipinski definition) is 4. The number of rotatable bonds is 4. The summed E-state index contributed by atoms with van der Waals surface area (Å²) in [6.45, 7) is 2.01. The Balaban J connectivity index is 2.00. The molecule has 1 fully saturated rings. The Morgan fingerprint density at radius 3 is 2.81 bits per heavy atom. The van der Waals surface area contributed by atoms with Gasteiger partial charge in [0.25, 0.3) is 5.91 Å². The van der Waals surface area contributed by atoms with E-state index in [2.05, 4.69) is 5.32 Å². The van der Waals surface area contributed by atoms with Crippen LogP contribution in [0.4, 0.5) is 0 Å². The molecule has 6 nitrogen and oxygen atoms in total. The van der Waals surface area contributed by atoms with E-state index in [0.29, 0.717) is 17.8 Å². The molecule has 0 saturated carbocycles. The first-order chi connectivity index (χ1) is 10.0. The van der Waals surface area contributed by atoms with Crippen molar-refractivity contribution in [1.82, 2.24) is 10.2 Å². The largest absolute Gasteiger partial charge is 0.480 e. The van der Waals surface area contributed by atoms with Crippen LogP contribution in [0.3, 0.4) is 0 Å². The van der Waals surface area contributed by atoms with E-state index < -0.39 is 18.1 Å². The van der Waals surface area contributed by atoms with E-state index in [1.807, 2.05) is 0 Å². The number of hydrogen-bond donors (Lipinski definition) is 2. The predicted molar refractivity (Wildman–Crippen MR) is 78.2 cm³/mol. The van der Waals surface area contributed by atoms with E-state index in [4.69, 9.17) is 0 Å². The van der Waals surface area contributed by atoms with Gasteiger partial charge in [-0.25, -0.2) is 4.79 Å². The van der Waals surface area contributed by atoms with Crippen LogP contribution in [-0.4, -0.2) is 46.4 Å². The van der Waals surface area contributed by atoms with Crippen LogP contribution in [0.1, 0.15) is 35.9 Å². The van der Waals surface area contributed by atoms with Gasteiger partial charge >= 0.3 is 5.97 Å². The highest BCUT2D eigenvalue weighted by Crippen LogP contribution is 2.18. The number of amides is 2. The summed E-state index contributed by atoms with van der Waals surface area (Å²) in [5, 5.41) is 13.6. The lowest BCUT2D eigenvalue weighted by Crippen LogP contribution is -2.54. The quantitative estimate of drug-likeness (QED) is 0.878. The molecule has 0 radical (unpaired) electrons. The van der Waals surface area contributed by atoms with Gasteiger partial charge in [0.1, 0.15) is 12.1 Å². The minimum atomic E-state index is -0.986. The smallest absolute Gasteiger partial charge is 0.326 e. The molecule has 2 N–H and O–H groups in total. The number of piperidine rings is 1. The van der Waals surface area contributed by atoms with E-state index in [1.165, 1.54) is 16.2 Å². The number of thiophene rings is 1. The highest BCUT2D eigenvalue weighted by atomic mass is 32.1. The second-order valence-corrected chi connectivity index (χ2v) is 6.00. The summed E-state index contributed by atoms with van der Waals surface area (Å²) in [6.07, 6.45) is 2.06. The molecule has 0 aliphatic carbocycles. The van der Waals surface area contributed by atoms with Gasteiger partial charge in [0.15, 0.2) is 0 Å². The van der Waals surface area contributed by atoms with Crippen LogP contribution in [0.2, 0.25) is 0 Å². The molecular weight excluding hydrogens is 292 g/mol. The predicted octanol–water partition coefficient (Wildman–Crippen LogP) is 1.33. The lowest BCUT2D eigenvalue weighted by atomic mass is 10.0. The summed E-state index contributed by atoms with van der Waals surface area (Å²) < 4.78 is 0. The maximum atomic E-state index is 12.4. The minimum absolute atomic E-state index is 0.310. The number of carbonyl (C=O) groups is 3. The highest BCUT2D eigenvalue weighted by Gasteiger charge is 2.34. The van der Waals surface area contributed by atoms with Gasteiger partial charge in [-0.2, -0.15) is 0 Å². The molecule has 1 aliphatic rings. The van der Waals surface area contributed by atoms with Gasteiger partial charge in [0.05, 0.1) is 4.88 Å². The number of carbonyl (C=O) groups excluding carboxylic acids is 2. The first-order valence-corrected chi connectivity index (χ1v) is 7.76. The molecule has 1 aliphatic heterocycles. The fraction of sp³-hybridized carbons (Fsp3) is 0.500. The number of carboxylic acids is 1. The lowest BCUT2D eigenvalue weighted by Gasteiger charge is -2.34. The zero-order chi connectivity index (χ0) is 15.4. The third kappa shape index (κ3) is 3.60. The first-order valence-electron chi connectivity index (χ1n) is 6.88. The maximum Gasteiger partial charge on any atom is 0.326 e. The fourth-order valence-electron chi connectivity index (χ4n) is 2.44. The standard InChI is InChI=1S/C14H18N2O4S/c1-9(15-12(17)11-6-4-8-21-11)13(18)16-7-3-2-5-10(16)14(19)20/h4,6,8-10H,2-3,5,7H2,1H3,(H,15,17)(H,19,20). The van der Waals surface area contributed by atoms with E-state index >= 15 is 0 Å². The van der Waals surface area contributed by atoms with Crippen LogP contribution in [0.15, 0.2) is 17.5 Å². The summed E-state index contributed by atoms with van der Waals surface area (Å²) in [5.41, 5.74) is 0. The monoisotopic (exact) mass is 310 g/mol. The number of likely N-dealkylation sites (tertiary alicyclic amines) is 1. The van der Waals surface area contributed by atoms with Crippen molar-refractivity contribution in [1.29, 1.82) is 0 Å². The molecule has 0 aromatic carbocycles. The third-order valence-electron chi connectivity index (χ3n) is 3.53. The van der Waals surface area contributed by atoms with E-state index in [0.717, 1.165) is 12.8 Å². The van der Waals surface area contributed by atoms with Crippen molar-refractivity contribution < 1.29 is 19.5 Å². The molecule has 1 aromatic rings. The Morgan fingerprint density at radius 1 is 1.43 bits per heavy atom. The lowest BCUT2D eigenvalue weighted by molar-refractivity contribution is -0.152. The van der Waals surface area contributed by atoms with Crippen LogP contribution in [0, 0.1) is 0 Å². The molecule has 2 unspecified atom stereocenters. The summed E-state index contributed by atoms with van der Waals surface area (Å²) in [6, 6.07) is 1.92. The van der Waals surface area contributed by atoms with E-state index in [1.54, 1.807) is 24.4 Å². The van der Waals surface area contributed by atoms with Crippen molar-refractivity contribution in [3.05, 3.63) is 22.4 Å². The Morgan fingerprint density at radius 2 is 2.19 bits per heavy atom. The molecule has 21 heavy (non-hydrogen) atoms. The first kappa shape index (κ1) is 15.5. The minimum Gasteiger partial charge on any atom is -0.480 e. The van der Waals surface area contributed by atoms with Gasteiger partial charge in [-0.3, -0.25) is 9.59 Å². The Labute approximate surface area is 126 Å². The molecule has 2 atom stereocenters. The van der Waals surface area contributed by atoms with Crippen molar-refractivity contribution in [2.75, 3.05) is 6.54 Å². The van der Waals surface area contributed by atoms with Crippen molar-refractivity contribution in [2.45, 2.75) is 38.3 Å². The summed E-state index contributed by atoms with van der Waals surface area (Å²) in [5.74, 6) is -1.64. The molecule has 2 heterocycles. The zero-order valence-corrected chi connectivity index (χ0v) is 12.6. The summed E-state index contributed by atoms with van der Waals surface area (Å²) in [4.78, 5) is 37.4. The molecule has 2 rings (SSSR count). The van der Waals surface area contributed by atoms with Gasteiger partial charge in [0.2, 0.25) is 5.91 Å². The Hall–Kier alpha value is -1.89. The van der Waals surface area contributed by atoms with Crippen molar-refractivity contribution in [3.8, 4) is 0 Å². The van der Waals surface area contributed by atoms with E-state index in [9.17, 15) is 19.5 Å². The number of carboxylic acid groups (broad SMARTS) is 1. The fourth-order valence-corrected chi connectivity index (χ4v) is 3.06. The average Bonchev–Trinajstić information content (AvgIpc) is 3.00. The molecule has 7 heteroatoms. The third-order valence-corrected chi connectivity index (χ3v) is 4.40. The van der Waals surface area contributed by atoms with Gasteiger partial charge < -0.3 is 15.3 Å². The van der Waals surface area contributed by atoms with Crippen LogP contribution < -0.4 is 5.32 Å². The molecule has 1 aromatic heterocycles. The highest BCUT2D eigenvalue weighted by molar-refractivity contribution is 7.12. The maximum absolute atomic E-state index is 12.4. The van der Waals surface area contributed by atoms with Gasteiger partial charge in [-0.15, -0.1) is 11.3 Å². The van der Waals surface area contributed by atoms with Gasteiger partial charge in [-0.05, 0) is 37.6 Å². The second-order valence-electron chi connectivity index (χ2n) is 5.05. The van der Waals surface area contributed by atoms with Crippen molar-refractivity contribution in [2.24, 2.45) is 0 Å². The Bertz CT molecular complexity index is 529. The molecule has 114 valence electrons. The molecule has 0 bridgehead atoms. The van der Waals surface area contributed by atoms with Crippen LogP contribution >= 0.6 is 11.3 Å². The molecule has 2 amide bonds. The summed E-state index contributed by atoms with van der Waals surface area (Å²) >= 11 is 1.29. The average molecular weight is 310 g/mol. The number of nitrogens with zero attached hydrogens (tertiary/aromatic N) is 1. The molecule has 1 saturated heterocycles. The van der Waals surface area contributed by atoms with Crippen LogP contribution in [0.5, 0.6) is 0 Å². The topological polar surface area (TPSA) is 86.7 Å². The van der Waals surface area contributed by atoms with E-state index in [-0.39, 0.29) is 11.8 Å². The molecular formula is C14H18N2O4S. The zero-order valence-electron chi connectivity index (χ0n) is 11.7. The number of aliphatic carboxylic acids is 1.